The highest BCUT2D eigenvalue weighted by Gasteiger charge is 2.35. The number of ether oxygens (including phenoxy) is 1. The topological polar surface area (TPSA) is 70.4 Å². The molecule has 1 aliphatic rings. The van der Waals surface area contributed by atoms with Crippen LogP contribution in [-0.2, 0) is 17.9 Å². The first-order valence-electron chi connectivity index (χ1n) is 10.1. The van der Waals surface area contributed by atoms with E-state index in [0.29, 0.717) is 46.3 Å². The van der Waals surface area contributed by atoms with Gasteiger partial charge in [0.25, 0.3) is 11.1 Å². The van der Waals surface area contributed by atoms with Crippen molar-refractivity contribution in [2.24, 2.45) is 0 Å². The number of carbonyl (C=O) groups is 2. The van der Waals surface area contributed by atoms with Crippen LogP contribution < -0.4 is 4.74 Å². The number of halogens is 4. The van der Waals surface area contributed by atoms with Crippen LogP contribution in [-0.4, -0.2) is 16.0 Å². The van der Waals surface area contributed by atoms with Crippen LogP contribution >= 0.6 is 66.8 Å². The summed E-state index contributed by atoms with van der Waals surface area (Å²) >= 11 is 20.1. The van der Waals surface area contributed by atoms with Gasteiger partial charge in [0, 0.05) is 15.6 Å². The molecule has 0 atom stereocenters. The predicted molar refractivity (Wildman–Crippen MR) is 145 cm³/mol. The van der Waals surface area contributed by atoms with E-state index in [4.69, 9.17) is 27.9 Å². The Balaban J connectivity index is 1.52. The number of rotatable bonds is 6. The molecule has 0 radical (unpaired) electrons. The third-order valence-electron chi connectivity index (χ3n) is 5.05. The fourth-order valence-electron chi connectivity index (χ4n) is 3.31. The van der Waals surface area contributed by atoms with Gasteiger partial charge in [0.05, 0.1) is 32.0 Å². The SMILES string of the molecule is N#Cc1ccccc1CN1C(=O)S/C(=C/c2cc(Br)c(OCc3ccc(Cl)cc3Cl)c(Br)c2)C1=O. The highest BCUT2D eigenvalue weighted by atomic mass is 79.9. The molecule has 0 aromatic heterocycles. The van der Waals surface area contributed by atoms with E-state index in [0.717, 1.165) is 22.2 Å². The highest BCUT2D eigenvalue weighted by molar-refractivity contribution is 9.11. The number of benzene rings is 3. The molecule has 3 aromatic rings. The van der Waals surface area contributed by atoms with E-state index in [-0.39, 0.29) is 18.4 Å². The fourth-order valence-corrected chi connectivity index (χ4v) is 6.07. The Hall–Kier alpha value is -2.28. The third kappa shape index (κ3) is 5.93. The van der Waals surface area contributed by atoms with E-state index in [1.54, 1.807) is 60.7 Å². The van der Waals surface area contributed by atoms with Crippen LogP contribution in [0.25, 0.3) is 6.08 Å². The van der Waals surface area contributed by atoms with Gasteiger partial charge in [0.1, 0.15) is 12.4 Å². The molecule has 0 unspecified atom stereocenters. The van der Waals surface area contributed by atoms with Crippen molar-refractivity contribution in [3.63, 3.8) is 0 Å². The molecule has 0 bridgehead atoms. The Labute approximate surface area is 232 Å². The van der Waals surface area contributed by atoms with E-state index in [9.17, 15) is 14.9 Å². The summed E-state index contributed by atoms with van der Waals surface area (Å²) in [5.41, 5.74) is 2.53. The van der Waals surface area contributed by atoms with E-state index >= 15 is 0 Å². The van der Waals surface area contributed by atoms with Gasteiger partial charge in [0.2, 0.25) is 0 Å². The quantitative estimate of drug-likeness (QED) is 0.251. The molecule has 2 amide bonds. The number of nitrogens with zero attached hydrogens (tertiary/aromatic N) is 2. The summed E-state index contributed by atoms with van der Waals surface area (Å²) in [7, 11) is 0. The van der Waals surface area contributed by atoms with Crippen LogP contribution in [0.1, 0.15) is 22.3 Å². The molecule has 176 valence electrons. The normalized spacial score (nSPS) is 14.5. The van der Waals surface area contributed by atoms with Crippen molar-refractivity contribution in [1.29, 1.82) is 5.26 Å². The predicted octanol–water partition coefficient (Wildman–Crippen LogP) is 8.21. The lowest BCUT2D eigenvalue weighted by Crippen LogP contribution is -2.27. The number of hydrogen-bond acceptors (Lipinski definition) is 5. The van der Waals surface area contributed by atoms with E-state index in [1.807, 2.05) is 0 Å². The molecule has 1 fully saturated rings. The number of imide groups is 1. The van der Waals surface area contributed by atoms with Crippen LogP contribution in [0, 0.1) is 11.3 Å². The molecule has 1 heterocycles. The summed E-state index contributed by atoms with van der Waals surface area (Å²) in [6.45, 7) is 0.273. The van der Waals surface area contributed by atoms with Gasteiger partial charge in [-0.3, -0.25) is 14.5 Å². The second-order valence-electron chi connectivity index (χ2n) is 7.37. The van der Waals surface area contributed by atoms with Crippen molar-refractivity contribution in [1.82, 2.24) is 4.90 Å². The average molecular weight is 653 g/mol. The summed E-state index contributed by atoms with van der Waals surface area (Å²) in [6, 6.07) is 17.8. The Morgan fingerprint density at radius 3 is 2.43 bits per heavy atom. The van der Waals surface area contributed by atoms with Crippen LogP contribution in [0.5, 0.6) is 5.75 Å². The third-order valence-corrected chi connectivity index (χ3v) is 7.72. The smallest absolute Gasteiger partial charge is 0.293 e. The van der Waals surface area contributed by atoms with Gasteiger partial charge in [-0.1, -0.05) is 47.5 Å². The molecule has 0 N–H and O–H groups in total. The first-order valence-corrected chi connectivity index (χ1v) is 13.2. The fraction of sp³-hybridized carbons (Fsp3) is 0.0800. The monoisotopic (exact) mass is 650 g/mol. The summed E-state index contributed by atoms with van der Waals surface area (Å²) in [4.78, 5) is 26.9. The van der Waals surface area contributed by atoms with Crippen LogP contribution in [0.4, 0.5) is 4.79 Å². The minimum absolute atomic E-state index is 0.0408. The second-order valence-corrected chi connectivity index (χ2v) is 10.9. The first-order chi connectivity index (χ1) is 16.8. The number of hydrogen-bond donors (Lipinski definition) is 0. The molecule has 5 nitrogen and oxygen atoms in total. The summed E-state index contributed by atoms with van der Waals surface area (Å²) in [5.74, 6) is 0.159. The molecule has 0 aliphatic carbocycles. The number of thioether (sulfide) groups is 1. The summed E-state index contributed by atoms with van der Waals surface area (Å²) < 4.78 is 7.26. The molecule has 0 spiro atoms. The van der Waals surface area contributed by atoms with Crippen LogP contribution in [0.3, 0.4) is 0 Å². The Kier molecular flexibility index (Phi) is 8.25. The van der Waals surface area contributed by atoms with Crippen molar-refractivity contribution in [2.45, 2.75) is 13.2 Å². The van der Waals surface area contributed by atoms with Crippen LogP contribution in [0.15, 0.2) is 68.4 Å². The van der Waals surface area contributed by atoms with Gasteiger partial charge < -0.3 is 4.74 Å². The van der Waals surface area contributed by atoms with Crippen molar-refractivity contribution in [3.8, 4) is 11.8 Å². The molecular weight excluding hydrogens is 639 g/mol. The number of nitriles is 1. The molecule has 1 saturated heterocycles. The zero-order valence-corrected chi connectivity index (χ0v) is 23.2. The molecule has 35 heavy (non-hydrogen) atoms. The minimum Gasteiger partial charge on any atom is -0.486 e. The number of amides is 2. The maximum Gasteiger partial charge on any atom is 0.293 e. The van der Waals surface area contributed by atoms with Gasteiger partial charge in [-0.2, -0.15) is 5.26 Å². The van der Waals surface area contributed by atoms with E-state index in [2.05, 4.69) is 37.9 Å². The lowest BCUT2D eigenvalue weighted by atomic mass is 10.1. The molecule has 10 heteroatoms. The molecular formula is C25H14Br2Cl2N2O3S. The molecule has 0 saturated carbocycles. The van der Waals surface area contributed by atoms with Gasteiger partial charge in [-0.15, -0.1) is 0 Å². The Bertz CT molecular complexity index is 1400. The Morgan fingerprint density at radius 1 is 1.03 bits per heavy atom. The van der Waals surface area contributed by atoms with Gasteiger partial charge in [0.15, 0.2) is 0 Å². The number of carbonyl (C=O) groups excluding carboxylic acids is 2. The van der Waals surface area contributed by atoms with Gasteiger partial charge >= 0.3 is 0 Å². The molecule has 1 aliphatic heterocycles. The second kappa shape index (κ2) is 11.2. The van der Waals surface area contributed by atoms with E-state index < -0.39 is 5.91 Å². The highest BCUT2D eigenvalue weighted by Crippen LogP contribution is 2.39. The van der Waals surface area contributed by atoms with Crippen molar-refractivity contribution < 1.29 is 14.3 Å². The van der Waals surface area contributed by atoms with Gasteiger partial charge in [-0.05, 0) is 91.2 Å². The Morgan fingerprint density at radius 2 is 1.74 bits per heavy atom. The van der Waals surface area contributed by atoms with Gasteiger partial charge in [-0.25, -0.2) is 0 Å². The van der Waals surface area contributed by atoms with Crippen molar-refractivity contribution >= 4 is 84.0 Å². The van der Waals surface area contributed by atoms with Crippen molar-refractivity contribution in [3.05, 3.63) is 101 Å². The zero-order chi connectivity index (χ0) is 25.1. The average Bonchev–Trinajstić information content (AvgIpc) is 3.07. The zero-order valence-electron chi connectivity index (χ0n) is 17.7. The lowest BCUT2D eigenvalue weighted by Gasteiger charge is -2.13. The van der Waals surface area contributed by atoms with Crippen molar-refractivity contribution in [2.75, 3.05) is 0 Å². The summed E-state index contributed by atoms with van der Waals surface area (Å²) in [5, 5.41) is 9.96. The standard InChI is InChI=1S/C25H14Br2Cl2N2O3S/c26-19-7-14(8-20(27)23(19)34-13-17-5-6-18(28)10-21(17)29)9-22-24(32)31(25(33)35-22)12-16-4-2-1-3-15(16)11-30/h1-10H,12-13H2/b22-9+. The maximum absolute atomic E-state index is 12.9. The minimum atomic E-state index is -0.405. The first kappa shape index (κ1) is 25.8. The summed E-state index contributed by atoms with van der Waals surface area (Å²) in [6.07, 6.45) is 1.65. The maximum atomic E-state index is 12.9. The molecule has 4 rings (SSSR count). The van der Waals surface area contributed by atoms with Crippen LogP contribution in [0.2, 0.25) is 10.0 Å². The van der Waals surface area contributed by atoms with E-state index in [1.165, 1.54) is 0 Å². The largest absolute Gasteiger partial charge is 0.486 e. The molecule has 3 aromatic carbocycles. The lowest BCUT2D eigenvalue weighted by molar-refractivity contribution is -0.123.